The average molecular weight is 459 g/mol. The van der Waals surface area contributed by atoms with E-state index in [1.54, 1.807) is 66.9 Å². The topological polar surface area (TPSA) is 97.7 Å². The summed E-state index contributed by atoms with van der Waals surface area (Å²) in [6, 6.07) is 10.3. The molecule has 4 atom stereocenters. The fourth-order valence-electron chi connectivity index (χ4n) is 5.19. The molecule has 0 N–H and O–H groups in total. The lowest BCUT2D eigenvalue weighted by atomic mass is 9.86. The number of hydrazone groups is 1. The molecule has 2 saturated heterocycles. The first kappa shape index (κ1) is 20.5. The van der Waals surface area contributed by atoms with E-state index in [1.165, 1.54) is 4.90 Å². The highest BCUT2D eigenvalue weighted by atomic mass is 16.6. The van der Waals surface area contributed by atoms with Gasteiger partial charge in [-0.1, -0.05) is 6.08 Å². The Morgan fingerprint density at radius 2 is 1.74 bits per heavy atom. The highest BCUT2D eigenvalue weighted by Crippen LogP contribution is 2.47. The van der Waals surface area contributed by atoms with Gasteiger partial charge in [-0.2, -0.15) is 5.10 Å². The molecule has 34 heavy (non-hydrogen) atoms. The van der Waals surface area contributed by atoms with Gasteiger partial charge in [0, 0.05) is 17.8 Å². The number of hydrogen-bond acceptors (Lipinski definition) is 8. The van der Waals surface area contributed by atoms with Crippen LogP contribution in [-0.2, 0) is 9.59 Å². The summed E-state index contributed by atoms with van der Waals surface area (Å²) in [4.78, 5) is 42.1. The zero-order valence-corrected chi connectivity index (χ0v) is 18.3. The normalized spacial score (nSPS) is 26.5. The minimum atomic E-state index is -0.900. The zero-order chi connectivity index (χ0) is 23.4. The molecule has 2 aromatic rings. The van der Waals surface area contributed by atoms with Gasteiger partial charge in [0.25, 0.3) is 0 Å². The van der Waals surface area contributed by atoms with Crippen LogP contribution in [0.5, 0.6) is 17.2 Å². The van der Waals surface area contributed by atoms with Gasteiger partial charge in [-0.25, -0.2) is 4.90 Å². The number of ether oxygens (including phenoxy) is 3. The Morgan fingerprint density at radius 1 is 1.00 bits per heavy atom. The Morgan fingerprint density at radius 3 is 2.50 bits per heavy atom. The Bertz CT molecular complexity index is 1250. The Balaban J connectivity index is 1.38. The molecule has 0 bridgehead atoms. The Hall–Kier alpha value is -4.14. The summed E-state index contributed by atoms with van der Waals surface area (Å²) in [6.07, 6.45) is 5.13. The number of allylic oxidation sites excluding steroid dienone is 1. The molecule has 9 heteroatoms. The molecule has 0 aliphatic carbocycles. The number of anilines is 1. The van der Waals surface area contributed by atoms with Crippen LogP contribution in [0.4, 0.5) is 5.69 Å². The van der Waals surface area contributed by atoms with Crippen molar-refractivity contribution in [3.63, 3.8) is 0 Å². The predicted octanol–water partition coefficient (Wildman–Crippen LogP) is 2.06. The lowest BCUT2D eigenvalue weighted by Gasteiger charge is -2.30. The van der Waals surface area contributed by atoms with Crippen molar-refractivity contribution in [2.45, 2.75) is 12.1 Å². The molecular formula is C25H21N3O6. The molecule has 0 aromatic heterocycles. The van der Waals surface area contributed by atoms with Crippen molar-refractivity contribution in [1.29, 1.82) is 0 Å². The third-order valence-corrected chi connectivity index (χ3v) is 6.72. The highest BCUT2D eigenvalue weighted by Gasteiger charge is 2.64. The van der Waals surface area contributed by atoms with Gasteiger partial charge in [-0.3, -0.25) is 19.4 Å². The van der Waals surface area contributed by atoms with Gasteiger partial charge in [-0.05, 0) is 42.5 Å². The number of ketones is 1. The quantitative estimate of drug-likeness (QED) is 0.510. The minimum Gasteiger partial charge on any atom is -0.497 e. The van der Waals surface area contributed by atoms with E-state index < -0.39 is 29.8 Å². The van der Waals surface area contributed by atoms with E-state index >= 15 is 0 Å². The van der Waals surface area contributed by atoms with Gasteiger partial charge >= 0.3 is 0 Å². The number of methoxy groups -OCH3 is 1. The minimum absolute atomic E-state index is 0.266. The molecule has 0 radical (unpaired) electrons. The summed E-state index contributed by atoms with van der Waals surface area (Å²) < 4.78 is 16.4. The van der Waals surface area contributed by atoms with Crippen molar-refractivity contribution in [2.24, 2.45) is 16.9 Å². The fraction of sp³-hybridized carbons (Fsp3) is 0.280. The SMILES string of the molecule is COc1ccc(C(=O)[C@@H]2[C@H]3C(=O)N(c4ccc5c(c4)OCCO5)C(=O)[C@@H]3[C@H]3C=CC=NN32)cc1. The van der Waals surface area contributed by atoms with Crippen molar-refractivity contribution < 1.29 is 28.6 Å². The molecule has 2 amide bonds. The fourth-order valence-corrected chi connectivity index (χ4v) is 5.19. The number of rotatable bonds is 4. The van der Waals surface area contributed by atoms with Gasteiger partial charge in [0.1, 0.15) is 25.0 Å². The first-order valence-corrected chi connectivity index (χ1v) is 11.0. The molecule has 0 spiro atoms. The summed E-state index contributed by atoms with van der Waals surface area (Å²) in [5.41, 5.74) is 0.826. The summed E-state index contributed by atoms with van der Waals surface area (Å²) in [5.74, 6) is -0.951. The second-order valence-corrected chi connectivity index (χ2v) is 8.45. The maximum atomic E-state index is 13.7. The van der Waals surface area contributed by atoms with Crippen LogP contribution in [0.3, 0.4) is 0 Å². The monoisotopic (exact) mass is 459 g/mol. The van der Waals surface area contributed by atoms with E-state index in [-0.39, 0.29) is 11.7 Å². The molecule has 4 aliphatic rings. The first-order chi connectivity index (χ1) is 16.6. The average Bonchev–Trinajstić information content (AvgIpc) is 3.35. The lowest BCUT2D eigenvalue weighted by Crippen LogP contribution is -2.46. The number of imide groups is 1. The molecule has 0 unspecified atom stereocenters. The first-order valence-electron chi connectivity index (χ1n) is 11.0. The van der Waals surface area contributed by atoms with Crippen LogP contribution in [0.1, 0.15) is 10.4 Å². The number of fused-ring (bicyclic) bond motifs is 4. The summed E-state index contributed by atoms with van der Waals surface area (Å²) in [6.45, 7) is 0.833. The molecular weight excluding hydrogens is 438 g/mol. The summed E-state index contributed by atoms with van der Waals surface area (Å²) in [7, 11) is 1.55. The summed E-state index contributed by atoms with van der Waals surface area (Å²) >= 11 is 0. The predicted molar refractivity (Wildman–Crippen MR) is 121 cm³/mol. The molecule has 0 saturated carbocycles. The van der Waals surface area contributed by atoms with Gasteiger partial charge < -0.3 is 14.2 Å². The number of Topliss-reactive ketones (excluding diaryl/α,β-unsaturated/α-hetero) is 1. The molecule has 2 aromatic carbocycles. The van der Waals surface area contributed by atoms with Gasteiger partial charge in [-0.15, -0.1) is 0 Å². The highest BCUT2D eigenvalue weighted by molar-refractivity contribution is 6.24. The number of nitrogens with zero attached hydrogens (tertiary/aromatic N) is 3. The van der Waals surface area contributed by atoms with Gasteiger partial charge in [0.15, 0.2) is 17.3 Å². The van der Waals surface area contributed by atoms with E-state index in [9.17, 15) is 14.4 Å². The van der Waals surface area contributed by atoms with Crippen molar-refractivity contribution in [2.75, 3.05) is 25.2 Å². The van der Waals surface area contributed by atoms with E-state index in [4.69, 9.17) is 14.2 Å². The summed E-state index contributed by atoms with van der Waals surface area (Å²) in [5, 5.41) is 5.97. The third kappa shape index (κ3) is 2.93. The number of hydrogen-bond donors (Lipinski definition) is 0. The second kappa shape index (κ2) is 7.72. The number of carbonyl (C=O) groups is 3. The van der Waals surface area contributed by atoms with E-state index in [1.807, 2.05) is 6.08 Å². The van der Waals surface area contributed by atoms with E-state index in [0.29, 0.717) is 41.7 Å². The number of amides is 2. The number of benzene rings is 2. The van der Waals surface area contributed by atoms with Crippen molar-refractivity contribution in [3.05, 3.63) is 60.2 Å². The number of carbonyl (C=O) groups excluding carboxylic acids is 3. The van der Waals surface area contributed by atoms with Crippen LogP contribution in [0.25, 0.3) is 0 Å². The maximum Gasteiger partial charge on any atom is 0.240 e. The van der Waals surface area contributed by atoms with Crippen molar-refractivity contribution in [1.82, 2.24) is 5.01 Å². The van der Waals surface area contributed by atoms with Gasteiger partial charge in [0.2, 0.25) is 11.8 Å². The standard InChI is InChI=1S/C25H21N3O6/c1-32-16-7-4-14(5-8-16)23(29)22-21-20(17-3-2-10-26-28(17)22)24(30)27(25(21)31)15-6-9-18-19(13-15)34-12-11-33-18/h2-10,13,17,20-22H,11-12H2,1H3/t17-,20-,21+,22+/m1/s1. The van der Waals surface area contributed by atoms with E-state index in [2.05, 4.69) is 5.10 Å². The second-order valence-electron chi connectivity index (χ2n) is 8.45. The van der Waals surface area contributed by atoms with Crippen LogP contribution >= 0.6 is 0 Å². The lowest BCUT2D eigenvalue weighted by molar-refractivity contribution is -0.123. The molecule has 9 nitrogen and oxygen atoms in total. The Kier molecular flexibility index (Phi) is 4.65. The maximum absolute atomic E-state index is 13.7. The van der Waals surface area contributed by atoms with Crippen LogP contribution in [0, 0.1) is 11.8 Å². The van der Waals surface area contributed by atoms with Gasteiger partial charge in [0.05, 0.1) is 30.7 Å². The smallest absolute Gasteiger partial charge is 0.240 e. The zero-order valence-electron chi connectivity index (χ0n) is 18.3. The Labute approximate surface area is 195 Å². The third-order valence-electron chi connectivity index (χ3n) is 6.72. The largest absolute Gasteiger partial charge is 0.497 e. The molecule has 4 aliphatic heterocycles. The van der Waals surface area contributed by atoms with Crippen LogP contribution < -0.4 is 19.1 Å². The van der Waals surface area contributed by atoms with E-state index in [0.717, 1.165) is 0 Å². The van der Waals surface area contributed by atoms with Crippen molar-refractivity contribution in [3.8, 4) is 17.2 Å². The molecule has 172 valence electrons. The molecule has 2 fully saturated rings. The molecule has 6 rings (SSSR count). The van der Waals surface area contributed by atoms with Crippen LogP contribution in [0.2, 0.25) is 0 Å². The van der Waals surface area contributed by atoms with Crippen LogP contribution in [-0.4, -0.2) is 61.2 Å². The van der Waals surface area contributed by atoms with Crippen LogP contribution in [0.15, 0.2) is 59.7 Å². The van der Waals surface area contributed by atoms with Crippen molar-refractivity contribution >= 4 is 29.5 Å². The molecule has 4 heterocycles.